The van der Waals surface area contributed by atoms with Gasteiger partial charge in [0, 0.05) is 5.88 Å². The van der Waals surface area contributed by atoms with Crippen LogP contribution in [0.4, 0.5) is 10.1 Å². The van der Waals surface area contributed by atoms with E-state index < -0.39 is 16.4 Å². The van der Waals surface area contributed by atoms with E-state index in [4.69, 9.17) is 16.3 Å². The Labute approximate surface area is 105 Å². The fraction of sp³-hybridized carbons (Fsp3) is 0.333. The minimum absolute atomic E-state index is 0.0246. The predicted molar refractivity (Wildman–Crippen MR) is 61.6 cm³/mol. The molecule has 7 heteroatoms. The molecule has 0 aliphatic rings. The van der Waals surface area contributed by atoms with Gasteiger partial charge in [-0.25, -0.2) is 4.39 Å². The van der Waals surface area contributed by atoms with Crippen molar-refractivity contribution < 1.29 is 14.1 Å². The molecule has 0 spiro atoms. The molecule has 4 nitrogen and oxygen atoms in total. The lowest BCUT2D eigenvalue weighted by Crippen LogP contribution is -2.02. The Hall–Kier alpha value is -0.880. The van der Waals surface area contributed by atoms with E-state index in [1.165, 1.54) is 0 Å². The molecule has 0 saturated heterocycles. The SMILES string of the molecule is O=[N+]([O-])c1cc(F)cc(Br)c1OCCCCl. The highest BCUT2D eigenvalue weighted by atomic mass is 79.9. The van der Waals surface area contributed by atoms with E-state index in [0.29, 0.717) is 12.3 Å². The first-order valence-electron chi connectivity index (χ1n) is 4.38. The lowest BCUT2D eigenvalue weighted by atomic mass is 10.3. The summed E-state index contributed by atoms with van der Waals surface area (Å²) >= 11 is 8.47. The van der Waals surface area contributed by atoms with Crippen molar-refractivity contribution in [3.05, 3.63) is 32.5 Å². The van der Waals surface area contributed by atoms with Gasteiger partial charge in [0.25, 0.3) is 0 Å². The molecule has 1 aromatic rings. The van der Waals surface area contributed by atoms with Crippen LogP contribution in [0.25, 0.3) is 0 Å². The Morgan fingerprint density at radius 1 is 1.56 bits per heavy atom. The van der Waals surface area contributed by atoms with Gasteiger partial charge in [0.15, 0.2) is 0 Å². The smallest absolute Gasteiger partial charge is 0.315 e. The van der Waals surface area contributed by atoms with E-state index in [0.717, 1.165) is 12.1 Å². The fourth-order valence-electron chi connectivity index (χ4n) is 1.05. The van der Waals surface area contributed by atoms with Gasteiger partial charge in [-0.2, -0.15) is 0 Å². The predicted octanol–water partition coefficient (Wildman–Crippen LogP) is 3.50. The highest BCUT2D eigenvalue weighted by Crippen LogP contribution is 2.35. The van der Waals surface area contributed by atoms with Crippen LogP contribution in [0, 0.1) is 15.9 Å². The molecular weight excluding hydrogens is 304 g/mol. The third-order valence-electron chi connectivity index (χ3n) is 1.71. The normalized spacial score (nSPS) is 10.2. The van der Waals surface area contributed by atoms with Crippen molar-refractivity contribution in [3.8, 4) is 5.75 Å². The summed E-state index contributed by atoms with van der Waals surface area (Å²) < 4.78 is 18.3. The second kappa shape index (κ2) is 6.00. The molecule has 0 aliphatic carbocycles. The van der Waals surface area contributed by atoms with Gasteiger partial charge in [-0.1, -0.05) is 0 Å². The third-order valence-corrected chi connectivity index (χ3v) is 2.57. The molecular formula is C9H8BrClFNO3. The molecule has 0 radical (unpaired) electrons. The maximum Gasteiger partial charge on any atom is 0.315 e. The molecule has 0 N–H and O–H groups in total. The van der Waals surface area contributed by atoms with Crippen molar-refractivity contribution in [1.82, 2.24) is 0 Å². The summed E-state index contributed by atoms with van der Waals surface area (Å²) in [5.74, 6) is -0.271. The number of hydrogen-bond acceptors (Lipinski definition) is 3. The van der Waals surface area contributed by atoms with Crippen molar-refractivity contribution in [3.63, 3.8) is 0 Å². The van der Waals surface area contributed by atoms with E-state index in [9.17, 15) is 14.5 Å². The third kappa shape index (κ3) is 3.31. The van der Waals surface area contributed by atoms with Crippen LogP contribution >= 0.6 is 27.5 Å². The van der Waals surface area contributed by atoms with Crippen LogP contribution in [0.5, 0.6) is 5.75 Å². The molecule has 0 unspecified atom stereocenters. The van der Waals surface area contributed by atoms with Crippen LogP contribution < -0.4 is 4.74 Å². The van der Waals surface area contributed by atoms with Gasteiger partial charge < -0.3 is 4.74 Å². The summed E-state index contributed by atoms with van der Waals surface area (Å²) in [6, 6.07) is 1.93. The molecule has 16 heavy (non-hydrogen) atoms. The van der Waals surface area contributed by atoms with Gasteiger partial charge in [-0.05, 0) is 28.4 Å². The number of benzene rings is 1. The number of nitro benzene ring substituents is 1. The zero-order valence-electron chi connectivity index (χ0n) is 8.08. The molecule has 0 saturated carbocycles. The maximum atomic E-state index is 12.9. The molecule has 0 heterocycles. The number of rotatable bonds is 5. The van der Waals surface area contributed by atoms with Crippen molar-refractivity contribution in [2.75, 3.05) is 12.5 Å². The van der Waals surface area contributed by atoms with E-state index in [-0.39, 0.29) is 16.8 Å². The molecule has 88 valence electrons. The van der Waals surface area contributed by atoms with Gasteiger partial charge in [-0.15, -0.1) is 11.6 Å². The number of alkyl halides is 1. The van der Waals surface area contributed by atoms with Crippen LogP contribution in [0.15, 0.2) is 16.6 Å². The quantitative estimate of drug-likeness (QED) is 0.362. The zero-order chi connectivity index (χ0) is 12.1. The topological polar surface area (TPSA) is 52.4 Å². The van der Waals surface area contributed by atoms with E-state index >= 15 is 0 Å². The number of hydrogen-bond donors (Lipinski definition) is 0. The largest absolute Gasteiger partial charge is 0.486 e. The summed E-state index contributed by atoms with van der Waals surface area (Å²) in [5.41, 5.74) is -0.401. The van der Waals surface area contributed by atoms with E-state index in [1.807, 2.05) is 0 Å². The highest BCUT2D eigenvalue weighted by Gasteiger charge is 2.20. The summed E-state index contributed by atoms with van der Waals surface area (Å²) in [6.45, 7) is 0.245. The molecule has 0 fully saturated rings. The van der Waals surface area contributed by atoms with E-state index in [2.05, 4.69) is 15.9 Å². The van der Waals surface area contributed by atoms with Crippen LogP contribution in [0.3, 0.4) is 0 Å². The molecule has 0 aromatic heterocycles. The Balaban J connectivity index is 2.99. The van der Waals surface area contributed by atoms with Crippen LogP contribution in [-0.2, 0) is 0 Å². The van der Waals surface area contributed by atoms with Crippen molar-refractivity contribution in [2.24, 2.45) is 0 Å². The second-order valence-corrected chi connectivity index (χ2v) is 4.12. The minimum atomic E-state index is -0.691. The molecule has 1 rings (SSSR count). The molecule has 0 bridgehead atoms. The van der Waals surface area contributed by atoms with Crippen LogP contribution in [0.2, 0.25) is 0 Å². The van der Waals surface area contributed by atoms with Gasteiger partial charge in [0.1, 0.15) is 5.82 Å². The highest BCUT2D eigenvalue weighted by molar-refractivity contribution is 9.10. The van der Waals surface area contributed by atoms with Crippen molar-refractivity contribution >= 4 is 33.2 Å². The molecule has 0 aliphatic heterocycles. The van der Waals surface area contributed by atoms with Gasteiger partial charge >= 0.3 is 5.69 Å². The molecule has 1 aromatic carbocycles. The number of nitrogens with zero attached hydrogens (tertiary/aromatic N) is 1. The fourth-order valence-corrected chi connectivity index (χ4v) is 1.70. The van der Waals surface area contributed by atoms with Crippen LogP contribution in [-0.4, -0.2) is 17.4 Å². The first kappa shape index (κ1) is 13.2. The standard InChI is InChI=1S/C9H8BrClFNO3/c10-7-4-6(12)5-8(13(14)15)9(7)16-3-1-2-11/h4-5H,1-3H2. The van der Waals surface area contributed by atoms with Crippen molar-refractivity contribution in [2.45, 2.75) is 6.42 Å². The molecule has 0 atom stereocenters. The van der Waals surface area contributed by atoms with Gasteiger partial charge in [-0.3, -0.25) is 10.1 Å². The lowest BCUT2D eigenvalue weighted by molar-refractivity contribution is -0.386. The minimum Gasteiger partial charge on any atom is -0.486 e. The Morgan fingerprint density at radius 2 is 2.25 bits per heavy atom. The van der Waals surface area contributed by atoms with Crippen LogP contribution in [0.1, 0.15) is 6.42 Å². The first-order valence-corrected chi connectivity index (χ1v) is 5.71. The lowest BCUT2D eigenvalue weighted by Gasteiger charge is -2.07. The average Bonchev–Trinajstić information content (AvgIpc) is 2.20. The van der Waals surface area contributed by atoms with Gasteiger partial charge in [0.2, 0.25) is 5.75 Å². The van der Waals surface area contributed by atoms with E-state index in [1.54, 1.807) is 0 Å². The Bertz CT molecular complexity index is 403. The Morgan fingerprint density at radius 3 is 2.81 bits per heavy atom. The first-order chi connectivity index (χ1) is 7.56. The number of nitro groups is 1. The van der Waals surface area contributed by atoms with Crippen molar-refractivity contribution in [1.29, 1.82) is 0 Å². The summed E-state index contributed by atoms with van der Waals surface area (Å²) in [6.07, 6.45) is 0.558. The Kier molecular flexibility index (Phi) is 4.95. The number of halogens is 3. The zero-order valence-corrected chi connectivity index (χ0v) is 10.4. The summed E-state index contributed by atoms with van der Waals surface area (Å²) in [5, 5.41) is 10.7. The number of ether oxygens (including phenoxy) is 1. The maximum absolute atomic E-state index is 12.9. The molecule has 0 amide bonds. The van der Waals surface area contributed by atoms with Gasteiger partial charge in [0.05, 0.1) is 22.1 Å². The second-order valence-electron chi connectivity index (χ2n) is 2.88. The average molecular weight is 313 g/mol. The summed E-state index contributed by atoms with van der Waals surface area (Å²) in [4.78, 5) is 9.98. The summed E-state index contributed by atoms with van der Waals surface area (Å²) in [7, 11) is 0. The monoisotopic (exact) mass is 311 g/mol.